The molecule has 0 aliphatic carbocycles. The van der Waals surface area contributed by atoms with Gasteiger partial charge in [-0.25, -0.2) is 0 Å². The number of carboxylic acids is 1. The van der Waals surface area contributed by atoms with Gasteiger partial charge in [0.15, 0.2) is 0 Å². The van der Waals surface area contributed by atoms with Crippen molar-refractivity contribution < 1.29 is 19.8 Å². The number of likely N-dealkylation sites (tertiary alicyclic amines) is 1. The second kappa shape index (κ2) is 14.5. The molecule has 3 atom stereocenters. The third kappa shape index (κ3) is 9.70. The van der Waals surface area contributed by atoms with Crippen molar-refractivity contribution in [1.82, 2.24) is 4.90 Å². The van der Waals surface area contributed by atoms with Crippen molar-refractivity contribution in [3.05, 3.63) is 48.0 Å². The van der Waals surface area contributed by atoms with Crippen LogP contribution in [-0.2, 0) is 16.0 Å². The average molecular weight is 440 g/mol. The van der Waals surface area contributed by atoms with Gasteiger partial charge in [0.1, 0.15) is 0 Å². The summed E-state index contributed by atoms with van der Waals surface area (Å²) in [5.41, 5.74) is 1.29. The topological polar surface area (TPSA) is 77.8 Å². The van der Waals surface area contributed by atoms with Crippen LogP contribution in [0.2, 0.25) is 0 Å². The van der Waals surface area contributed by atoms with Crippen molar-refractivity contribution >= 4 is 11.9 Å². The Bertz CT molecular complexity index is 793. The number of carbonyl (C=O) groups excluding carboxylic acids is 1. The smallest absolute Gasteiger partial charge is 0.303 e. The quantitative estimate of drug-likeness (QED) is 0.268. The van der Waals surface area contributed by atoms with Crippen molar-refractivity contribution in [2.24, 2.45) is 5.92 Å². The number of aliphatic hydroxyl groups excluding tert-OH is 1. The van der Waals surface area contributed by atoms with E-state index in [1.165, 1.54) is 5.56 Å². The molecule has 1 aliphatic heterocycles. The lowest BCUT2D eigenvalue weighted by atomic mass is 9.99. The van der Waals surface area contributed by atoms with Gasteiger partial charge in [0.25, 0.3) is 0 Å². The van der Waals surface area contributed by atoms with E-state index in [0.29, 0.717) is 25.8 Å². The number of aliphatic carboxylic acids is 1. The first kappa shape index (κ1) is 25.7. The van der Waals surface area contributed by atoms with E-state index in [4.69, 9.17) is 5.11 Å². The van der Waals surface area contributed by atoms with Crippen LogP contribution in [0.25, 0.3) is 0 Å². The molecule has 1 aliphatic rings. The fourth-order valence-electron chi connectivity index (χ4n) is 3.88. The number of aryl methyl sites for hydroxylation is 1. The Morgan fingerprint density at radius 1 is 1.19 bits per heavy atom. The highest BCUT2D eigenvalue weighted by Gasteiger charge is 2.28. The van der Waals surface area contributed by atoms with E-state index in [1.54, 1.807) is 0 Å². The predicted molar refractivity (Wildman–Crippen MR) is 127 cm³/mol. The summed E-state index contributed by atoms with van der Waals surface area (Å²) in [5.74, 6) is 5.84. The van der Waals surface area contributed by atoms with E-state index in [9.17, 15) is 14.7 Å². The number of carbonyl (C=O) groups is 2. The van der Waals surface area contributed by atoms with Crippen LogP contribution >= 0.6 is 0 Å². The Hall–Kier alpha value is -2.58. The van der Waals surface area contributed by atoms with Crippen LogP contribution in [0.3, 0.4) is 0 Å². The molecular weight excluding hydrogens is 402 g/mol. The van der Waals surface area contributed by atoms with Crippen LogP contribution in [-0.4, -0.2) is 45.7 Å². The second-order valence-electron chi connectivity index (χ2n) is 8.65. The molecule has 1 unspecified atom stereocenters. The molecular formula is C27H37NO4. The number of carboxylic acid groups (broad SMARTS) is 1. The molecule has 1 saturated heterocycles. The molecule has 2 rings (SSSR count). The highest BCUT2D eigenvalue weighted by Crippen LogP contribution is 2.22. The normalized spacial score (nSPS) is 17.9. The number of benzene rings is 1. The second-order valence-corrected chi connectivity index (χ2v) is 8.65. The first-order chi connectivity index (χ1) is 15.5. The maximum atomic E-state index is 12.2. The van der Waals surface area contributed by atoms with Crippen LogP contribution in [0.1, 0.15) is 70.3 Å². The summed E-state index contributed by atoms with van der Waals surface area (Å²) in [6.45, 7) is 2.69. The molecule has 0 aromatic heterocycles. The number of aliphatic hydroxyl groups is 1. The van der Waals surface area contributed by atoms with Gasteiger partial charge in [-0.3, -0.25) is 9.59 Å². The number of unbranched alkanes of at least 4 members (excludes halogenated alkanes) is 3. The standard InChI is InChI=1S/C27H37NO4/c1-22(12-6-4-7-13-23-14-8-5-9-15-23)25(29)19-17-24-18-20-26(30)28(24)21-11-3-2-10-16-27(31)32/h5,8-9,14-15,17,19,22,24-25,29H,2-3,7,10-13,16,18,20-21H2,1H3,(H,31,32)/t22-,24?,25-/m1/s1. The minimum atomic E-state index is -0.754. The summed E-state index contributed by atoms with van der Waals surface area (Å²) in [4.78, 5) is 24.7. The molecule has 1 fully saturated rings. The molecule has 5 nitrogen and oxygen atoms in total. The minimum absolute atomic E-state index is 0.0373. The third-order valence-electron chi connectivity index (χ3n) is 5.96. The van der Waals surface area contributed by atoms with Crippen molar-refractivity contribution in [2.45, 2.75) is 83.3 Å². The van der Waals surface area contributed by atoms with Gasteiger partial charge in [-0.2, -0.15) is 0 Å². The van der Waals surface area contributed by atoms with Gasteiger partial charge in [-0.05, 0) is 37.2 Å². The summed E-state index contributed by atoms with van der Waals surface area (Å²) in [5, 5.41) is 19.2. The molecule has 0 radical (unpaired) electrons. The molecule has 0 bridgehead atoms. The third-order valence-corrected chi connectivity index (χ3v) is 5.96. The first-order valence-corrected chi connectivity index (χ1v) is 11.8. The molecule has 1 aromatic rings. The van der Waals surface area contributed by atoms with Crippen molar-refractivity contribution in [3.8, 4) is 11.8 Å². The number of amides is 1. The van der Waals surface area contributed by atoms with Crippen LogP contribution < -0.4 is 0 Å². The Labute approximate surface area is 192 Å². The summed E-state index contributed by atoms with van der Waals surface area (Å²) in [7, 11) is 0. The van der Waals surface area contributed by atoms with Crippen LogP contribution in [0.4, 0.5) is 0 Å². The van der Waals surface area contributed by atoms with E-state index in [-0.39, 0.29) is 24.3 Å². The highest BCUT2D eigenvalue weighted by atomic mass is 16.4. The Balaban J connectivity index is 1.69. The Morgan fingerprint density at radius 3 is 2.69 bits per heavy atom. The molecule has 1 amide bonds. The van der Waals surface area contributed by atoms with Gasteiger partial charge in [-0.15, -0.1) is 11.8 Å². The largest absolute Gasteiger partial charge is 0.481 e. The monoisotopic (exact) mass is 439 g/mol. The van der Waals surface area contributed by atoms with Crippen molar-refractivity contribution in [2.75, 3.05) is 6.54 Å². The Morgan fingerprint density at radius 2 is 1.94 bits per heavy atom. The van der Waals surface area contributed by atoms with Gasteiger partial charge in [0, 0.05) is 32.2 Å². The fraction of sp³-hybridized carbons (Fsp3) is 0.556. The fourth-order valence-corrected chi connectivity index (χ4v) is 3.88. The van der Waals surface area contributed by atoms with Crippen LogP contribution in [0, 0.1) is 17.8 Å². The molecule has 1 aromatic carbocycles. The molecule has 32 heavy (non-hydrogen) atoms. The zero-order chi connectivity index (χ0) is 23.2. The van der Waals surface area contributed by atoms with E-state index >= 15 is 0 Å². The number of nitrogens with zero attached hydrogens (tertiary/aromatic N) is 1. The van der Waals surface area contributed by atoms with Gasteiger partial charge in [0.05, 0.1) is 12.1 Å². The van der Waals surface area contributed by atoms with Gasteiger partial charge in [-0.1, -0.05) is 62.2 Å². The van der Waals surface area contributed by atoms with Gasteiger partial charge in [0.2, 0.25) is 5.91 Å². The minimum Gasteiger partial charge on any atom is -0.481 e. The van der Waals surface area contributed by atoms with Crippen molar-refractivity contribution in [1.29, 1.82) is 0 Å². The zero-order valence-electron chi connectivity index (χ0n) is 19.2. The average Bonchev–Trinajstić information content (AvgIpc) is 3.13. The lowest BCUT2D eigenvalue weighted by molar-refractivity contribution is -0.137. The van der Waals surface area contributed by atoms with E-state index in [0.717, 1.165) is 38.5 Å². The van der Waals surface area contributed by atoms with Gasteiger partial charge >= 0.3 is 5.97 Å². The van der Waals surface area contributed by atoms with Crippen LogP contribution in [0.5, 0.6) is 0 Å². The summed E-state index contributed by atoms with van der Waals surface area (Å²) < 4.78 is 0. The number of hydrogen-bond acceptors (Lipinski definition) is 3. The van der Waals surface area contributed by atoms with E-state index in [2.05, 4.69) is 24.0 Å². The summed E-state index contributed by atoms with van der Waals surface area (Å²) >= 11 is 0. The number of rotatable bonds is 13. The van der Waals surface area contributed by atoms with E-state index < -0.39 is 12.1 Å². The first-order valence-electron chi connectivity index (χ1n) is 11.8. The maximum Gasteiger partial charge on any atom is 0.303 e. The lowest BCUT2D eigenvalue weighted by Crippen LogP contribution is -2.33. The lowest BCUT2D eigenvalue weighted by Gasteiger charge is -2.23. The highest BCUT2D eigenvalue weighted by molar-refractivity contribution is 5.79. The molecule has 1 heterocycles. The molecule has 174 valence electrons. The molecule has 0 spiro atoms. The number of hydrogen-bond donors (Lipinski definition) is 2. The Kier molecular flexibility index (Phi) is 11.6. The molecule has 5 heteroatoms. The predicted octanol–water partition coefficient (Wildman–Crippen LogP) is 4.59. The maximum absolute atomic E-state index is 12.2. The van der Waals surface area contributed by atoms with Crippen LogP contribution in [0.15, 0.2) is 42.5 Å². The molecule has 0 saturated carbocycles. The van der Waals surface area contributed by atoms with Crippen molar-refractivity contribution in [3.63, 3.8) is 0 Å². The van der Waals surface area contributed by atoms with E-state index in [1.807, 2.05) is 42.2 Å². The summed E-state index contributed by atoms with van der Waals surface area (Å²) in [6, 6.07) is 10.3. The summed E-state index contributed by atoms with van der Waals surface area (Å²) in [6.07, 6.45) is 10.5. The molecule has 2 N–H and O–H groups in total. The van der Waals surface area contributed by atoms with Gasteiger partial charge < -0.3 is 15.1 Å². The zero-order valence-corrected chi connectivity index (χ0v) is 19.2. The SMILES string of the molecule is C[C@H](CC#CCCc1ccccc1)[C@H](O)C=CC1CCC(=O)N1CCCCCCC(=O)O.